The average molecular weight is 224 g/mol. The van der Waals surface area contributed by atoms with Gasteiger partial charge in [0.2, 0.25) is 0 Å². The summed E-state index contributed by atoms with van der Waals surface area (Å²) in [5.41, 5.74) is 6.54. The molecule has 2 rings (SSSR count). The van der Waals surface area contributed by atoms with E-state index in [0.29, 0.717) is 16.6 Å². The molecule has 1 aromatic heterocycles. The van der Waals surface area contributed by atoms with Crippen molar-refractivity contribution in [3.8, 4) is 11.4 Å². The summed E-state index contributed by atoms with van der Waals surface area (Å²) in [6, 6.07) is 7.46. The quantitative estimate of drug-likeness (QED) is 0.849. The third-order valence-corrected chi connectivity index (χ3v) is 2.36. The second-order valence-corrected chi connectivity index (χ2v) is 3.37. The number of nitrogens with zero attached hydrogens (tertiary/aromatic N) is 2. The Morgan fingerprint density at radius 3 is 2.73 bits per heavy atom. The number of halogens is 1. The number of hydrogen-bond donors (Lipinski definition) is 1. The van der Waals surface area contributed by atoms with Crippen molar-refractivity contribution in [2.24, 2.45) is 0 Å². The van der Waals surface area contributed by atoms with Crippen molar-refractivity contribution < 1.29 is 4.74 Å². The van der Waals surface area contributed by atoms with E-state index in [4.69, 9.17) is 22.1 Å². The van der Waals surface area contributed by atoms with Gasteiger partial charge < -0.3 is 10.5 Å². The number of ether oxygens (including phenoxy) is 1. The third-order valence-electron chi connectivity index (χ3n) is 2.07. The lowest BCUT2D eigenvalue weighted by atomic mass is 10.3. The van der Waals surface area contributed by atoms with Crippen molar-refractivity contribution in [2.75, 3.05) is 12.8 Å². The fourth-order valence-electron chi connectivity index (χ4n) is 1.33. The second-order valence-electron chi connectivity index (χ2n) is 2.96. The van der Waals surface area contributed by atoms with Crippen LogP contribution in [0, 0.1) is 0 Å². The van der Waals surface area contributed by atoms with Crippen molar-refractivity contribution in [2.45, 2.75) is 0 Å². The van der Waals surface area contributed by atoms with Crippen LogP contribution in [0.3, 0.4) is 0 Å². The number of aromatic nitrogens is 2. The van der Waals surface area contributed by atoms with Gasteiger partial charge in [-0.2, -0.15) is 5.10 Å². The molecule has 0 aliphatic rings. The highest BCUT2D eigenvalue weighted by molar-refractivity contribution is 6.32. The minimum atomic E-state index is 0.404. The summed E-state index contributed by atoms with van der Waals surface area (Å²) >= 11 is 5.83. The summed E-state index contributed by atoms with van der Waals surface area (Å²) in [6.07, 6.45) is 1.50. The highest BCUT2D eigenvalue weighted by Crippen LogP contribution is 2.27. The first kappa shape index (κ1) is 9.86. The van der Waals surface area contributed by atoms with Gasteiger partial charge in [0.15, 0.2) is 0 Å². The summed E-state index contributed by atoms with van der Waals surface area (Å²) in [5.74, 6) is 1.10. The normalized spacial score (nSPS) is 10.3. The van der Waals surface area contributed by atoms with Crippen molar-refractivity contribution >= 4 is 17.4 Å². The Morgan fingerprint density at radius 2 is 2.13 bits per heavy atom. The lowest BCUT2D eigenvalue weighted by Gasteiger charge is -2.08. The maximum atomic E-state index is 5.83. The maximum Gasteiger partial charge on any atom is 0.146 e. The van der Waals surface area contributed by atoms with E-state index in [0.717, 1.165) is 5.69 Å². The van der Waals surface area contributed by atoms with Gasteiger partial charge in [-0.25, -0.2) is 4.68 Å². The Balaban J connectivity index is 2.58. The molecule has 4 nitrogen and oxygen atoms in total. The molecule has 2 aromatic rings. The minimum absolute atomic E-state index is 0.404. The van der Waals surface area contributed by atoms with Gasteiger partial charge in [-0.15, -0.1) is 0 Å². The van der Waals surface area contributed by atoms with Crippen molar-refractivity contribution in [1.82, 2.24) is 9.78 Å². The summed E-state index contributed by atoms with van der Waals surface area (Å²) in [5, 5.41) is 4.51. The molecular formula is C10H10ClN3O. The van der Waals surface area contributed by atoms with Gasteiger partial charge in [-0.3, -0.25) is 0 Å². The van der Waals surface area contributed by atoms with Gasteiger partial charge in [-0.05, 0) is 12.1 Å². The average Bonchev–Trinajstić information content (AvgIpc) is 2.60. The Bertz CT molecular complexity index is 481. The third kappa shape index (κ3) is 1.64. The molecule has 0 aliphatic carbocycles. The molecule has 0 radical (unpaired) electrons. The maximum absolute atomic E-state index is 5.83. The fourth-order valence-corrected chi connectivity index (χ4v) is 1.46. The zero-order valence-electron chi connectivity index (χ0n) is 8.14. The zero-order chi connectivity index (χ0) is 10.8. The van der Waals surface area contributed by atoms with Crippen LogP contribution < -0.4 is 10.5 Å². The number of anilines is 1. The topological polar surface area (TPSA) is 53.1 Å². The Labute approximate surface area is 92.2 Å². The van der Waals surface area contributed by atoms with Crippen LogP contribution in [0.25, 0.3) is 5.69 Å². The molecule has 0 fully saturated rings. The van der Waals surface area contributed by atoms with Crippen molar-refractivity contribution in [1.29, 1.82) is 0 Å². The zero-order valence-corrected chi connectivity index (χ0v) is 8.90. The van der Waals surface area contributed by atoms with E-state index in [-0.39, 0.29) is 0 Å². The molecule has 2 N–H and O–H groups in total. The van der Waals surface area contributed by atoms with E-state index in [2.05, 4.69) is 5.10 Å². The smallest absolute Gasteiger partial charge is 0.146 e. The van der Waals surface area contributed by atoms with Crippen LogP contribution >= 0.6 is 11.6 Å². The van der Waals surface area contributed by atoms with Crippen LogP contribution in [0.1, 0.15) is 0 Å². The second kappa shape index (κ2) is 3.82. The number of rotatable bonds is 2. The molecule has 15 heavy (non-hydrogen) atoms. The predicted octanol–water partition coefficient (Wildman–Crippen LogP) is 2.12. The summed E-state index contributed by atoms with van der Waals surface area (Å²) < 4.78 is 6.75. The van der Waals surface area contributed by atoms with Crippen LogP contribution in [-0.4, -0.2) is 16.9 Å². The van der Waals surface area contributed by atoms with E-state index in [9.17, 15) is 0 Å². The largest absolute Gasteiger partial charge is 0.494 e. The molecule has 0 amide bonds. The molecule has 0 unspecified atom stereocenters. The Morgan fingerprint density at radius 1 is 1.40 bits per heavy atom. The molecule has 0 aliphatic heterocycles. The molecule has 78 valence electrons. The van der Waals surface area contributed by atoms with E-state index in [1.165, 1.54) is 6.20 Å². The van der Waals surface area contributed by atoms with Gasteiger partial charge in [0.05, 0.1) is 13.3 Å². The van der Waals surface area contributed by atoms with E-state index >= 15 is 0 Å². The summed E-state index contributed by atoms with van der Waals surface area (Å²) in [6.45, 7) is 0. The molecule has 1 aromatic carbocycles. The predicted molar refractivity (Wildman–Crippen MR) is 59.5 cm³/mol. The lowest BCUT2D eigenvalue weighted by molar-refractivity contribution is 0.412. The molecule has 0 spiro atoms. The lowest BCUT2D eigenvalue weighted by Crippen LogP contribution is -2.03. The Hall–Kier alpha value is -1.68. The number of para-hydroxylation sites is 2. The van der Waals surface area contributed by atoms with Crippen LogP contribution in [-0.2, 0) is 0 Å². The van der Waals surface area contributed by atoms with Crippen molar-refractivity contribution in [3.05, 3.63) is 35.5 Å². The van der Waals surface area contributed by atoms with Gasteiger partial charge in [0, 0.05) is 0 Å². The van der Waals surface area contributed by atoms with Crippen LogP contribution in [0.4, 0.5) is 5.82 Å². The van der Waals surface area contributed by atoms with Gasteiger partial charge in [-0.1, -0.05) is 23.7 Å². The van der Waals surface area contributed by atoms with Crippen LogP contribution in [0.5, 0.6) is 5.75 Å². The number of hydrogen-bond acceptors (Lipinski definition) is 3. The van der Waals surface area contributed by atoms with Crippen molar-refractivity contribution in [3.63, 3.8) is 0 Å². The summed E-state index contributed by atoms with van der Waals surface area (Å²) in [4.78, 5) is 0. The number of methoxy groups -OCH3 is 1. The van der Waals surface area contributed by atoms with Crippen LogP contribution in [0.15, 0.2) is 30.5 Å². The number of nitrogen functional groups attached to an aromatic ring is 1. The standard InChI is InChI=1S/C10H10ClN3O/c1-15-9-5-3-2-4-8(9)14-10(12)7(11)6-13-14/h2-6H,12H2,1H3. The molecular weight excluding hydrogens is 214 g/mol. The highest BCUT2D eigenvalue weighted by atomic mass is 35.5. The summed E-state index contributed by atoms with van der Waals surface area (Å²) in [7, 11) is 1.60. The van der Waals surface area contributed by atoms with E-state index in [1.54, 1.807) is 11.8 Å². The molecule has 0 saturated carbocycles. The molecule has 0 bridgehead atoms. The van der Waals surface area contributed by atoms with E-state index < -0.39 is 0 Å². The number of benzene rings is 1. The van der Waals surface area contributed by atoms with Gasteiger partial charge in [0.25, 0.3) is 0 Å². The Kier molecular flexibility index (Phi) is 2.51. The minimum Gasteiger partial charge on any atom is -0.494 e. The molecule has 5 heteroatoms. The first-order valence-corrected chi connectivity index (χ1v) is 4.74. The molecule has 0 atom stereocenters. The fraction of sp³-hybridized carbons (Fsp3) is 0.100. The SMILES string of the molecule is COc1ccccc1-n1ncc(Cl)c1N. The highest BCUT2D eigenvalue weighted by Gasteiger charge is 2.10. The van der Waals surface area contributed by atoms with Gasteiger partial charge in [0.1, 0.15) is 22.3 Å². The van der Waals surface area contributed by atoms with E-state index in [1.807, 2.05) is 24.3 Å². The first-order chi connectivity index (χ1) is 7.24. The first-order valence-electron chi connectivity index (χ1n) is 4.36. The monoisotopic (exact) mass is 223 g/mol. The molecule has 0 saturated heterocycles. The van der Waals surface area contributed by atoms with Crippen LogP contribution in [0.2, 0.25) is 5.02 Å². The molecule has 1 heterocycles. The number of nitrogens with two attached hydrogens (primary N) is 1. The van der Waals surface area contributed by atoms with Gasteiger partial charge >= 0.3 is 0 Å².